The molecule has 4 heteroatoms. The number of aliphatic imine (C=N–C) groups is 2. The first kappa shape index (κ1) is 15.8. The van der Waals surface area contributed by atoms with Gasteiger partial charge >= 0.3 is 0 Å². The van der Waals surface area contributed by atoms with Crippen molar-refractivity contribution in [3.63, 3.8) is 0 Å². The zero-order valence-electron chi connectivity index (χ0n) is 13.3. The molecule has 0 unspecified atom stereocenters. The summed E-state index contributed by atoms with van der Waals surface area (Å²) in [6, 6.07) is 15.7. The summed E-state index contributed by atoms with van der Waals surface area (Å²) in [4.78, 5) is 8.92. The molecule has 0 radical (unpaired) electrons. The Labute approximate surface area is 131 Å². The average molecular weight is 296 g/mol. The van der Waals surface area contributed by atoms with E-state index in [9.17, 15) is 0 Å². The fourth-order valence-electron chi connectivity index (χ4n) is 2.12. The maximum Gasteiger partial charge on any atom is 0.161 e. The van der Waals surface area contributed by atoms with E-state index in [1.807, 2.05) is 55.5 Å². The maximum atomic E-state index is 5.33. The molecule has 2 aromatic carbocycles. The summed E-state index contributed by atoms with van der Waals surface area (Å²) in [5.41, 5.74) is 2.87. The fraction of sp³-hybridized carbons (Fsp3) is 0.222. The quantitative estimate of drug-likeness (QED) is 0.639. The number of hydrogen-bond acceptors (Lipinski definition) is 3. The molecule has 0 saturated heterocycles. The van der Waals surface area contributed by atoms with E-state index in [0.29, 0.717) is 17.3 Å². The van der Waals surface area contributed by atoms with Gasteiger partial charge in [0.2, 0.25) is 0 Å². The van der Waals surface area contributed by atoms with Crippen LogP contribution in [0.5, 0.6) is 11.5 Å². The molecule has 0 atom stereocenters. The second kappa shape index (κ2) is 7.41. The molecule has 0 saturated carbocycles. The lowest BCUT2D eigenvalue weighted by molar-refractivity contribution is 0.355. The van der Waals surface area contributed by atoms with Gasteiger partial charge in [-0.15, -0.1) is 0 Å². The molecule has 4 nitrogen and oxygen atoms in total. The molecule has 0 spiro atoms. The number of nitrogens with zero attached hydrogens (tertiary/aromatic N) is 2. The van der Waals surface area contributed by atoms with Gasteiger partial charge in [-0.1, -0.05) is 30.3 Å². The van der Waals surface area contributed by atoms with Gasteiger partial charge < -0.3 is 9.47 Å². The first-order valence-electron chi connectivity index (χ1n) is 6.99. The SMILES string of the molecule is CN=C(N=C(C)c1ccccc1)c1ccc(OC)c(OC)c1. The molecule has 0 aromatic heterocycles. The predicted molar refractivity (Wildman–Crippen MR) is 90.7 cm³/mol. The molecular weight excluding hydrogens is 276 g/mol. The molecule has 0 aliphatic rings. The minimum atomic E-state index is 0.655. The summed E-state index contributed by atoms with van der Waals surface area (Å²) < 4.78 is 10.6. The number of amidine groups is 1. The Morgan fingerprint density at radius 3 is 2.14 bits per heavy atom. The number of methoxy groups -OCH3 is 2. The lowest BCUT2D eigenvalue weighted by Gasteiger charge is -2.10. The third-order valence-corrected chi connectivity index (χ3v) is 3.32. The molecule has 2 rings (SSSR count). The van der Waals surface area contributed by atoms with Gasteiger partial charge in [-0.25, -0.2) is 4.99 Å². The summed E-state index contributed by atoms with van der Waals surface area (Å²) in [7, 11) is 4.96. The van der Waals surface area contributed by atoms with Crippen molar-refractivity contribution in [2.75, 3.05) is 21.3 Å². The predicted octanol–water partition coefficient (Wildman–Crippen LogP) is 3.59. The van der Waals surface area contributed by atoms with Crippen molar-refractivity contribution >= 4 is 11.5 Å². The van der Waals surface area contributed by atoms with E-state index < -0.39 is 0 Å². The molecule has 2 aromatic rings. The maximum absolute atomic E-state index is 5.33. The Bertz CT molecular complexity index is 691. The van der Waals surface area contributed by atoms with E-state index in [0.717, 1.165) is 16.8 Å². The first-order chi connectivity index (χ1) is 10.7. The highest BCUT2D eigenvalue weighted by Gasteiger charge is 2.09. The standard InChI is InChI=1S/C18H20N2O2/c1-13(14-8-6-5-7-9-14)20-18(19-2)15-10-11-16(21-3)17(12-15)22-4/h5-12H,1-4H3. The Morgan fingerprint density at radius 1 is 0.864 bits per heavy atom. The zero-order valence-corrected chi connectivity index (χ0v) is 13.3. The third kappa shape index (κ3) is 3.52. The number of ether oxygens (including phenoxy) is 2. The van der Waals surface area contributed by atoms with Crippen LogP contribution in [0.1, 0.15) is 18.1 Å². The van der Waals surface area contributed by atoms with E-state index in [2.05, 4.69) is 9.98 Å². The summed E-state index contributed by atoms with van der Waals surface area (Å²) in [6.07, 6.45) is 0. The largest absolute Gasteiger partial charge is 0.493 e. The molecule has 114 valence electrons. The van der Waals surface area contributed by atoms with Crippen LogP contribution in [-0.4, -0.2) is 32.8 Å². The normalized spacial score (nSPS) is 12.2. The molecule has 0 amide bonds. The van der Waals surface area contributed by atoms with Crippen molar-refractivity contribution in [1.29, 1.82) is 0 Å². The van der Waals surface area contributed by atoms with Gasteiger partial charge in [0, 0.05) is 18.3 Å². The molecule has 0 fully saturated rings. The van der Waals surface area contributed by atoms with Gasteiger partial charge in [0.25, 0.3) is 0 Å². The average Bonchev–Trinajstić information content (AvgIpc) is 2.59. The lowest BCUT2D eigenvalue weighted by Crippen LogP contribution is -2.04. The molecular formula is C18H20N2O2. The van der Waals surface area contributed by atoms with Crippen LogP contribution >= 0.6 is 0 Å². The van der Waals surface area contributed by atoms with Gasteiger partial charge in [0.05, 0.1) is 14.2 Å². The van der Waals surface area contributed by atoms with Gasteiger partial charge in [0.1, 0.15) is 0 Å². The zero-order chi connectivity index (χ0) is 15.9. The van der Waals surface area contributed by atoms with Crippen LogP contribution in [0, 0.1) is 0 Å². The minimum Gasteiger partial charge on any atom is -0.493 e. The fourth-order valence-corrected chi connectivity index (χ4v) is 2.12. The molecule has 0 aliphatic carbocycles. The van der Waals surface area contributed by atoms with Crippen molar-refractivity contribution in [2.45, 2.75) is 6.92 Å². The summed E-state index contributed by atoms with van der Waals surface area (Å²) >= 11 is 0. The third-order valence-electron chi connectivity index (χ3n) is 3.32. The van der Waals surface area contributed by atoms with Crippen LogP contribution in [0.3, 0.4) is 0 Å². The highest BCUT2D eigenvalue weighted by atomic mass is 16.5. The van der Waals surface area contributed by atoms with Gasteiger partial charge in [-0.05, 0) is 30.7 Å². The highest BCUT2D eigenvalue weighted by Crippen LogP contribution is 2.28. The Morgan fingerprint density at radius 2 is 1.55 bits per heavy atom. The van der Waals surface area contributed by atoms with E-state index in [-0.39, 0.29) is 0 Å². The molecule has 0 heterocycles. The monoisotopic (exact) mass is 296 g/mol. The van der Waals surface area contributed by atoms with Crippen LogP contribution in [-0.2, 0) is 0 Å². The van der Waals surface area contributed by atoms with E-state index in [4.69, 9.17) is 9.47 Å². The van der Waals surface area contributed by atoms with Gasteiger partial charge in [-0.2, -0.15) is 0 Å². The van der Waals surface area contributed by atoms with Crippen molar-refractivity contribution in [1.82, 2.24) is 0 Å². The van der Waals surface area contributed by atoms with Crippen molar-refractivity contribution in [2.24, 2.45) is 9.98 Å². The Kier molecular flexibility index (Phi) is 5.31. The lowest BCUT2D eigenvalue weighted by atomic mass is 10.1. The molecule has 0 N–H and O–H groups in total. The smallest absolute Gasteiger partial charge is 0.161 e. The van der Waals surface area contributed by atoms with Crippen LogP contribution in [0.15, 0.2) is 58.5 Å². The van der Waals surface area contributed by atoms with Crippen LogP contribution < -0.4 is 9.47 Å². The Balaban J connectivity index is 2.37. The first-order valence-corrected chi connectivity index (χ1v) is 6.99. The second-order valence-corrected chi connectivity index (χ2v) is 4.68. The van der Waals surface area contributed by atoms with E-state index in [1.165, 1.54) is 0 Å². The highest BCUT2D eigenvalue weighted by molar-refractivity contribution is 6.11. The number of hydrogen-bond donors (Lipinski definition) is 0. The van der Waals surface area contributed by atoms with E-state index in [1.54, 1.807) is 21.3 Å². The minimum absolute atomic E-state index is 0.655. The van der Waals surface area contributed by atoms with Crippen LogP contribution in [0.25, 0.3) is 0 Å². The summed E-state index contributed by atoms with van der Waals surface area (Å²) in [5, 5.41) is 0. The van der Waals surface area contributed by atoms with Gasteiger partial charge in [0.15, 0.2) is 17.3 Å². The number of rotatable bonds is 4. The molecule has 0 aliphatic heterocycles. The van der Waals surface area contributed by atoms with E-state index >= 15 is 0 Å². The summed E-state index contributed by atoms with van der Waals surface area (Å²) in [6.45, 7) is 1.97. The topological polar surface area (TPSA) is 43.2 Å². The van der Waals surface area contributed by atoms with Crippen LogP contribution in [0.2, 0.25) is 0 Å². The van der Waals surface area contributed by atoms with Crippen molar-refractivity contribution in [3.8, 4) is 11.5 Å². The molecule has 0 bridgehead atoms. The van der Waals surface area contributed by atoms with Crippen LogP contribution in [0.4, 0.5) is 0 Å². The van der Waals surface area contributed by atoms with Crippen molar-refractivity contribution < 1.29 is 9.47 Å². The summed E-state index contributed by atoms with van der Waals surface area (Å²) in [5.74, 6) is 2.00. The second-order valence-electron chi connectivity index (χ2n) is 4.68. The van der Waals surface area contributed by atoms with Crippen molar-refractivity contribution in [3.05, 3.63) is 59.7 Å². The Hall–Kier alpha value is -2.62. The van der Waals surface area contributed by atoms with Gasteiger partial charge in [-0.3, -0.25) is 4.99 Å². The number of benzene rings is 2. The molecule has 22 heavy (non-hydrogen) atoms.